The maximum Gasteiger partial charge on any atom is 0.270 e. The molecule has 0 amide bonds. The maximum atomic E-state index is 13.0. The lowest BCUT2D eigenvalue weighted by Crippen LogP contribution is -2.06. The van der Waals surface area contributed by atoms with E-state index in [9.17, 15) is 18.9 Å². The third kappa shape index (κ3) is 3.68. The lowest BCUT2D eigenvalue weighted by atomic mass is 10.1. The van der Waals surface area contributed by atoms with Crippen molar-refractivity contribution >= 4 is 11.4 Å². The highest BCUT2D eigenvalue weighted by Gasteiger charge is 2.17. The fourth-order valence-corrected chi connectivity index (χ4v) is 1.79. The predicted molar refractivity (Wildman–Crippen MR) is 72.1 cm³/mol. The molecule has 0 saturated heterocycles. The van der Waals surface area contributed by atoms with Gasteiger partial charge in [-0.1, -0.05) is 0 Å². The Kier molecular flexibility index (Phi) is 4.36. The van der Waals surface area contributed by atoms with Crippen LogP contribution in [0.1, 0.15) is 23.5 Å². The highest BCUT2D eigenvalue weighted by Crippen LogP contribution is 2.30. The number of rotatable bonds is 5. The zero-order valence-electron chi connectivity index (χ0n) is 11.1. The number of alkyl halides is 2. The lowest BCUT2D eigenvalue weighted by Gasteiger charge is -2.11. The molecule has 0 aliphatic carbocycles. The summed E-state index contributed by atoms with van der Waals surface area (Å²) in [6.45, 7) is 1.95. The van der Waals surface area contributed by atoms with Crippen LogP contribution in [0, 0.1) is 17.0 Å². The SMILES string of the molecule is Cc1nccc(CNc2ccc([N+](=O)[O-])cc2C(F)F)n1. The molecule has 110 valence electrons. The Hall–Kier alpha value is -2.64. The van der Waals surface area contributed by atoms with E-state index in [1.807, 2.05) is 0 Å². The van der Waals surface area contributed by atoms with Crippen molar-refractivity contribution < 1.29 is 13.7 Å². The van der Waals surface area contributed by atoms with Gasteiger partial charge in [0.2, 0.25) is 0 Å². The molecule has 1 aromatic heterocycles. The molecule has 0 aliphatic heterocycles. The highest BCUT2D eigenvalue weighted by atomic mass is 19.3. The molecule has 21 heavy (non-hydrogen) atoms. The number of anilines is 1. The first kappa shape index (κ1) is 14.8. The van der Waals surface area contributed by atoms with E-state index >= 15 is 0 Å². The van der Waals surface area contributed by atoms with E-state index in [1.165, 1.54) is 12.1 Å². The van der Waals surface area contributed by atoms with Crippen molar-refractivity contribution in [3.05, 3.63) is 57.7 Å². The molecular formula is C13H12F2N4O2. The van der Waals surface area contributed by atoms with Crippen LogP contribution in [-0.2, 0) is 6.54 Å². The summed E-state index contributed by atoms with van der Waals surface area (Å²) >= 11 is 0. The van der Waals surface area contributed by atoms with Crippen LogP contribution in [0.25, 0.3) is 0 Å². The fraction of sp³-hybridized carbons (Fsp3) is 0.231. The Bertz CT molecular complexity index is 664. The van der Waals surface area contributed by atoms with Crippen LogP contribution in [0.2, 0.25) is 0 Å². The van der Waals surface area contributed by atoms with Crippen LogP contribution in [0.3, 0.4) is 0 Å². The number of nitro groups is 1. The van der Waals surface area contributed by atoms with Crippen LogP contribution in [0.4, 0.5) is 20.2 Å². The molecule has 1 N–H and O–H groups in total. The topological polar surface area (TPSA) is 81.0 Å². The van der Waals surface area contributed by atoms with E-state index in [-0.39, 0.29) is 17.9 Å². The minimum absolute atomic E-state index is 0.145. The Morgan fingerprint density at radius 3 is 2.76 bits per heavy atom. The zero-order chi connectivity index (χ0) is 15.4. The normalized spacial score (nSPS) is 10.7. The first-order valence-electron chi connectivity index (χ1n) is 6.06. The van der Waals surface area contributed by atoms with Crippen LogP contribution >= 0.6 is 0 Å². The molecular weight excluding hydrogens is 282 g/mol. The zero-order valence-corrected chi connectivity index (χ0v) is 11.1. The fourth-order valence-electron chi connectivity index (χ4n) is 1.79. The van der Waals surface area contributed by atoms with Gasteiger partial charge in [-0.05, 0) is 19.1 Å². The highest BCUT2D eigenvalue weighted by molar-refractivity contribution is 5.56. The van der Waals surface area contributed by atoms with Crippen molar-refractivity contribution in [1.82, 2.24) is 9.97 Å². The van der Waals surface area contributed by atoms with Crippen molar-refractivity contribution in [2.75, 3.05) is 5.32 Å². The van der Waals surface area contributed by atoms with Crippen molar-refractivity contribution in [3.8, 4) is 0 Å². The van der Waals surface area contributed by atoms with Crippen LogP contribution in [0.15, 0.2) is 30.5 Å². The number of hydrogen-bond acceptors (Lipinski definition) is 5. The number of aryl methyl sites for hydroxylation is 1. The summed E-state index contributed by atoms with van der Waals surface area (Å²) in [5, 5.41) is 13.4. The van der Waals surface area contributed by atoms with E-state index < -0.39 is 16.9 Å². The Morgan fingerprint density at radius 1 is 1.38 bits per heavy atom. The second-order valence-electron chi connectivity index (χ2n) is 4.28. The second kappa shape index (κ2) is 6.21. The molecule has 1 aromatic carbocycles. The number of hydrogen-bond donors (Lipinski definition) is 1. The molecule has 1 heterocycles. The van der Waals surface area contributed by atoms with Gasteiger partial charge in [0.1, 0.15) is 5.82 Å². The number of benzene rings is 1. The molecule has 6 nitrogen and oxygen atoms in total. The maximum absolute atomic E-state index is 13.0. The van der Waals surface area contributed by atoms with Gasteiger partial charge in [0.15, 0.2) is 0 Å². The van der Waals surface area contributed by atoms with Gasteiger partial charge in [-0.25, -0.2) is 18.7 Å². The molecule has 0 fully saturated rings. The van der Waals surface area contributed by atoms with Crippen molar-refractivity contribution in [2.45, 2.75) is 19.9 Å². The Labute approximate surface area is 119 Å². The van der Waals surface area contributed by atoms with E-state index in [1.54, 1.807) is 19.2 Å². The molecule has 0 aliphatic rings. The Balaban J connectivity index is 2.21. The first-order chi connectivity index (χ1) is 9.97. The van der Waals surface area contributed by atoms with E-state index in [0.717, 1.165) is 6.07 Å². The average Bonchev–Trinajstić information content (AvgIpc) is 2.44. The van der Waals surface area contributed by atoms with Crippen molar-refractivity contribution in [3.63, 3.8) is 0 Å². The number of non-ortho nitro benzene ring substituents is 1. The third-order valence-corrected chi connectivity index (χ3v) is 2.77. The smallest absolute Gasteiger partial charge is 0.270 e. The minimum Gasteiger partial charge on any atom is -0.379 e. The summed E-state index contributed by atoms with van der Waals surface area (Å²) in [4.78, 5) is 18.0. The molecule has 0 bridgehead atoms. The minimum atomic E-state index is -2.81. The predicted octanol–water partition coefficient (Wildman–Crippen LogP) is 3.24. The summed E-state index contributed by atoms with van der Waals surface area (Å²) in [6, 6.07) is 4.98. The molecule has 0 saturated carbocycles. The van der Waals surface area contributed by atoms with Gasteiger partial charge in [0, 0.05) is 29.6 Å². The monoisotopic (exact) mass is 294 g/mol. The van der Waals surface area contributed by atoms with Gasteiger partial charge < -0.3 is 5.32 Å². The van der Waals surface area contributed by atoms with Gasteiger partial charge in [-0.2, -0.15) is 0 Å². The third-order valence-electron chi connectivity index (χ3n) is 2.77. The molecule has 0 radical (unpaired) electrons. The van der Waals surface area contributed by atoms with Crippen LogP contribution < -0.4 is 5.32 Å². The molecule has 0 unspecified atom stereocenters. The van der Waals surface area contributed by atoms with Crippen molar-refractivity contribution in [1.29, 1.82) is 0 Å². The van der Waals surface area contributed by atoms with E-state index in [2.05, 4.69) is 15.3 Å². The standard InChI is InChI=1S/C13H12F2N4O2/c1-8-16-5-4-9(18-8)7-17-12-3-2-10(19(20)21)6-11(12)13(14)15/h2-6,13,17H,7H2,1H3. The summed E-state index contributed by atoms with van der Waals surface area (Å²) in [6.07, 6.45) is -1.23. The summed E-state index contributed by atoms with van der Waals surface area (Å²) in [5.74, 6) is 0.576. The van der Waals surface area contributed by atoms with Gasteiger partial charge in [-0.15, -0.1) is 0 Å². The van der Waals surface area contributed by atoms with Gasteiger partial charge in [0.05, 0.1) is 17.2 Å². The number of nitrogens with zero attached hydrogens (tertiary/aromatic N) is 3. The molecule has 0 spiro atoms. The molecule has 2 aromatic rings. The number of nitrogens with one attached hydrogen (secondary N) is 1. The van der Waals surface area contributed by atoms with Crippen LogP contribution in [0.5, 0.6) is 0 Å². The quantitative estimate of drug-likeness (QED) is 0.676. The van der Waals surface area contributed by atoms with Gasteiger partial charge in [0.25, 0.3) is 12.1 Å². The number of halogens is 2. The average molecular weight is 294 g/mol. The number of aromatic nitrogens is 2. The van der Waals surface area contributed by atoms with E-state index in [0.29, 0.717) is 11.5 Å². The molecule has 0 atom stereocenters. The molecule has 2 rings (SSSR count). The van der Waals surface area contributed by atoms with Gasteiger partial charge in [-0.3, -0.25) is 10.1 Å². The second-order valence-corrected chi connectivity index (χ2v) is 4.28. The summed E-state index contributed by atoms with van der Waals surface area (Å²) in [5.41, 5.74) is 0.0108. The summed E-state index contributed by atoms with van der Waals surface area (Å²) in [7, 11) is 0. The first-order valence-corrected chi connectivity index (χ1v) is 6.06. The lowest BCUT2D eigenvalue weighted by molar-refractivity contribution is -0.385. The largest absolute Gasteiger partial charge is 0.379 e. The van der Waals surface area contributed by atoms with Crippen LogP contribution in [-0.4, -0.2) is 14.9 Å². The van der Waals surface area contributed by atoms with E-state index in [4.69, 9.17) is 0 Å². The molecule has 8 heteroatoms. The Morgan fingerprint density at radius 2 is 2.14 bits per heavy atom. The summed E-state index contributed by atoms with van der Waals surface area (Å²) < 4.78 is 25.9. The van der Waals surface area contributed by atoms with Crippen molar-refractivity contribution in [2.24, 2.45) is 0 Å². The van der Waals surface area contributed by atoms with Gasteiger partial charge >= 0.3 is 0 Å². The number of nitro benzene ring substituents is 1.